The van der Waals surface area contributed by atoms with Gasteiger partial charge in [-0.3, -0.25) is 4.79 Å². The fourth-order valence-electron chi connectivity index (χ4n) is 1.64. The number of methoxy groups -OCH3 is 1. The molecule has 0 unspecified atom stereocenters. The molecule has 5 nitrogen and oxygen atoms in total. The van der Waals surface area contributed by atoms with Crippen LogP contribution in [0.15, 0.2) is 30.3 Å². The van der Waals surface area contributed by atoms with Crippen LogP contribution in [0, 0.1) is 11.3 Å². The fraction of sp³-hybridized carbons (Fsp3) is 0.375. The summed E-state index contributed by atoms with van der Waals surface area (Å²) in [5.41, 5.74) is 0.901. The molecule has 0 atom stereocenters. The lowest BCUT2D eigenvalue weighted by atomic mass is 10.2. The molecule has 0 N–H and O–H groups in total. The van der Waals surface area contributed by atoms with Crippen molar-refractivity contribution in [3.63, 3.8) is 0 Å². The van der Waals surface area contributed by atoms with Gasteiger partial charge in [0.15, 0.2) is 6.61 Å². The minimum absolute atomic E-state index is 0.0277. The summed E-state index contributed by atoms with van der Waals surface area (Å²) in [6.07, 6.45) is 4.11. The highest BCUT2D eigenvalue weighted by Gasteiger charge is 2.03. The minimum atomic E-state index is -0.0455. The lowest BCUT2D eigenvalue weighted by Crippen LogP contribution is -2.26. The average molecular weight is 288 g/mol. The molecule has 21 heavy (non-hydrogen) atoms. The molecule has 112 valence electrons. The first-order chi connectivity index (χ1) is 10.2. The third-order valence-electron chi connectivity index (χ3n) is 2.82. The summed E-state index contributed by atoms with van der Waals surface area (Å²) in [6.45, 7) is 1.34. The molecule has 0 saturated carbocycles. The van der Waals surface area contributed by atoms with E-state index in [1.54, 1.807) is 37.3 Å². The van der Waals surface area contributed by atoms with Gasteiger partial charge in [-0.1, -0.05) is 12.1 Å². The van der Waals surface area contributed by atoms with E-state index in [-0.39, 0.29) is 12.5 Å². The molecule has 0 aliphatic heterocycles. The molecular weight excluding hydrogens is 268 g/mol. The number of ether oxygens (including phenoxy) is 2. The number of likely N-dealkylation sites (N-methyl/N-ethyl adjacent to an activating group) is 1. The first-order valence-corrected chi connectivity index (χ1v) is 6.69. The van der Waals surface area contributed by atoms with Gasteiger partial charge in [-0.25, -0.2) is 0 Å². The van der Waals surface area contributed by atoms with Crippen molar-refractivity contribution in [2.45, 2.75) is 6.42 Å². The summed E-state index contributed by atoms with van der Waals surface area (Å²) in [7, 11) is 3.41. The Labute approximate surface area is 125 Å². The third-order valence-corrected chi connectivity index (χ3v) is 2.82. The van der Waals surface area contributed by atoms with E-state index in [9.17, 15) is 4.79 Å². The van der Waals surface area contributed by atoms with E-state index in [2.05, 4.69) is 0 Å². The molecule has 1 aromatic carbocycles. The van der Waals surface area contributed by atoms with Crippen molar-refractivity contribution in [3.05, 3.63) is 35.9 Å². The van der Waals surface area contributed by atoms with Gasteiger partial charge < -0.3 is 14.4 Å². The topological polar surface area (TPSA) is 62.6 Å². The van der Waals surface area contributed by atoms with Crippen molar-refractivity contribution in [2.24, 2.45) is 0 Å². The van der Waals surface area contributed by atoms with Crippen LogP contribution in [0.25, 0.3) is 6.08 Å². The van der Waals surface area contributed by atoms with Gasteiger partial charge in [-0.15, -0.1) is 0 Å². The van der Waals surface area contributed by atoms with Crippen LogP contribution in [0.5, 0.6) is 5.75 Å². The third kappa shape index (κ3) is 6.59. The van der Waals surface area contributed by atoms with Gasteiger partial charge >= 0.3 is 0 Å². The molecular formula is C16H20N2O3. The molecule has 5 heteroatoms. The van der Waals surface area contributed by atoms with Gasteiger partial charge in [0.1, 0.15) is 11.8 Å². The number of benzene rings is 1. The number of nitrogens with zero attached hydrogens (tertiary/aromatic N) is 2. The molecule has 1 amide bonds. The number of amides is 1. The second-order valence-electron chi connectivity index (χ2n) is 4.46. The lowest BCUT2D eigenvalue weighted by Gasteiger charge is -2.14. The van der Waals surface area contributed by atoms with Crippen LogP contribution in [-0.2, 0) is 9.53 Å². The largest absolute Gasteiger partial charge is 0.479 e. The van der Waals surface area contributed by atoms with Gasteiger partial charge in [0.2, 0.25) is 5.91 Å². The van der Waals surface area contributed by atoms with Crippen molar-refractivity contribution < 1.29 is 14.3 Å². The second-order valence-corrected chi connectivity index (χ2v) is 4.46. The number of rotatable bonds is 8. The van der Waals surface area contributed by atoms with Gasteiger partial charge in [0.25, 0.3) is 0 Å². The predicted octanol–water partition coefficient (Wildman–Crippen LogP) is 2.10. The first-order valence-electron chi connectivity index (χ1n) is 6.69. The number of hydrogen-bond donors (Lipinski definition) is 0. The van der Waals surface area contributed by atoms with Crippen LogP contribution in [0.1, 0.15) is 12.0 Å². The lowest BCUT2D eigenvalue weighted by molar-refractivity contribution is -0.124. The van der Waals surface area contributed by atoms with Gasteiger partial charge in [0.05, 0.1) is 0 Å². The monoisotopic (exact) mass is 288 g/mol. The summed E-state index contributed by atoms with van der Waals surface area (Å²) in [6, 6.07) is 9.11. The zero-order valence-corrected chi connectivity index (χ0v) is 12.4. The molecule has 1 aromatic rings. The Morgan fingerprint density at radius 1 is 1.38 bits per heavy atom. The molecule has 0 aliphatic carbocycles. The van der Waals surface area contributed by atoms with Crippen LogP contribution in [0.2, 0.25) is 0 Å². The highest BCUT2D eigenvalue weighted by molar-refractivity contribution is 5.91. The van der Waals surface area contributed by atoms with Crippen molar-refractivity contribution in [1.82, 2.24) is 4.90 Å². The zero-order valence-electron chi connectivity index (χ0n) is 12.4. The van der Waals surface area contributed by atoms with Crippen LogP contribution in [0.3, 0.4) is 0 Å². The molecule has 0 aliphatic rings. The normalized spacial score (nSPS) is 10.3. The smallest absolute Gasteiger partial charge is 0.246 e. The van der Waals surface area contributed by atoms with Crippen LogP contribution >= 0.6 is 0 Å². The van der Waals surface area contributed by atoms with Gasteiger partial charge in [-0.05, 0) is 30.2 Å². The van der Waals surface area contributed by atoms with E-state index in [0.717, 1.165) is 12.0 Å². The summed E-state index contributed by atoms with van der Waals surface area (Å²) in [5.74, 6) is 0.590. The first kappa shape index (κ1) is 16.7. The van der Waals surface area contributed by atoms with Crippen LogP contribution < -0.4 is 4.74 Å². The van der Waals surface area contributed by atoms with E-state index < -0.39 is 0 Å². The molecule has 1 rings (SSSR count). The van der Waals surface area contributed by atoms with E-state index in [1.165, 1.54) is 6.08 Å². The maximum atomic E-state index is 11.9. The molecule has 0 aromatic heterocycles. The Morgan fingerprint density at radius 2 is 2.10 bits per heavy atom. The van der Waals surface area contributed by atoms with Gasteiger partial charge in [-0.2, -0.15) is 5.26 Å². The van der Waals surface area contributed by atoms with E-state index >= 15 is 0 Å². The Morgan fingerprint density at radius 3 is 2.71 bits per heavy atom. The SMILES string of the molecule is COCCCN(C)C(=O)/C=C/c1ccc(OCC#N)cc1. The van der Waals surface area contributed by atoms with E-state index in [4.69, 9.17) is 14.7 Å². The Kier molecular flexibility index (Phi) is 7.62. The second kappa shape index (κ2) is 9.56. The molecule has 0 bridgehead atoms. The molecule has 0 fully saturated rings. The van der Waals surface area contributed by atoms with E-state index in [0.29, 0.717) is 18.9 Å². The highest BCUT2D eigenvalue weighted by Crippen LogP contribution is 2.13. The standard InChI is InChI=1S/C16H20N2O3/c1-18(11-3-12-20-2)16(19)9-6-14-4-7-15(8-5-14)21-13-10-17/h4-9H,3,11-13H2,1-2H3/b9-6+. The minimum Gasteiger partial charge on any atom is -0.479 e. The summed E-state index contributed by atoms with van der Waals surface area (Å²) >= 11 is 0. The van der Waals surface area contributed by atoms with Crippen molar-refractivity contribution in [3.8, 4) is 11.8 Å². The Hall–Kier alpha value is -2.32. The van der Waals surface area contributed by atoms with Gasteiger partial charge in [0, 0.05) is 33.4 Å². The maximum Gasteiger partial charge on any atom is 0.246 e. The summed E-state index contributed by atoms with van der Waals surface area (Å²) in [4.78, 5) is 13.5. The van der Waals surface area contributed by atoms with Crippen molar-refractivity contribution in [1.29, 1.82) is 5.26 Å². The summed E-state index contributed by atoms with van der Waals surface area (Å²) in [5, 5.41) is 8.42. The van der Waals surface area contributed by atoms with Crippen molar-refractivity contribution >= 4 is 12.0 Å². The van der Waals surface area contributed by atoms with Crippen LogP contribution in [0.4, 0.5) is 0 Å². The van der Waals surface area contributed by atoms with Crippen molar-refractivity contribution in [2.75, 3.05) is 33.9 Å². The highest BCUT2D eigenvalue weighted by atomic mass is 16.5. The number of carbonyl (C=O) groups excluding carboxylic acids is 1. The maximum absolute atomic E-state index is 11.9. The fourth-order valence-corrected chi connectivity index (χ4v) is 1.64. The molecule has 0 radical (unpaired) electrons. The molecule has 0 spiro atoms. The average Bonchev–Trinajstić information content (AvgIpc) is 2.51. The molecule has 0 saturated heterocycles. The number of carbonyl (C=O) groups is 1. The zero-order chi connectivity index (χ0) is 15.5. The Balaban J connectivity index is 2.48. The number of nitriles is 1. The Bertz CT molecular complexity index is 503. The number of hydrogen-bond acceptors (Lipinski definition) is 4. The molecule has 0 heterocycles. The predicted molar refractivity (Wildman–Crippen MR) is 80.7 cm³/mol. The summed E-state index contributed by atoms with van der Waals surface area (Å²) < 4.78 is 10.1. The van der Waals surface area contributed by atoms with E-state index in [1.807, 2.05) is 18.2 Å². The van der Waals surface area contributed by atoms with Crippen LogP contribution in [-0.4, -0.2) is 44.7 Å². The quantitative estimate of drug-likeness (QED) is 0.543.